The first-order valence-electron chi connectivity index (χ1n) is 3.99. The molecular formula is C9H8ClFO3S. The molecule has 1 aromatic rings. The summed E-state index contributed by atoms with van der Waals surface area (Å²) in [5.41, 5.74) is 0.743. The fourth-order valence-electron chi connectivity index (χ4n) is 1.19. The molecule has 6 heteroatoms. The van der Waals surface area contributed by atoms with Crippen LogP contribution < -0.4 is 0 Å². The van der Waals surface area contributed by atoms with Gasteiger partial charge in [0.15, 0.2) is 0 Å². The predicted octanol–water partition coefficient (Wildman–Crippen LogP) is 2.34. The molecular weight excluding hydrogens is 243 g/mol. The van der Waals surface area contributed by atoms with Crippen LogP contribution >= 0.6 is 11.6 Å². The minimum atomic E-state index is -4.82. The number of benzene rings is 1. The number of rotatable bonds is 2. The summed E-state index contributed by atoms with van der Waals surface area (Å²) < 4.78 is 34.3. The van der Waals surface area contributed by atoms with E-state index in [1.165, 1.54) is 13.0 Å². The molecule has 3 nitrogen and oxygen atoms in total. The van der Waals surface area contributed by atoms with Gasteiger partial charge in [0.25, 0.3) is 5.24 Å². The number of carbonyl (C=O) groups excluding carboxylic acids is 1. The lowest BCUT2D eigenvalue weighted by Crippen LogP contribution is -2.01. The number of hydrogen-bond acceptors (Lipinski definition) is 3. The monoisotopic (exact) mass is 250 g/mol. The minimum Gasteiger partial charge on any atom is -0.276 e. The van der Waals surface area contributed by atoms with Gasteiger partial charge >= 0.3 is 10.2 Å². The van der Waals surface area contributed by atoms with Crippen LogP contribution in [0.3, 0.4) is 0 Å². The van der Waals surface area contributed by atoms with E-state index < -0.39 is 20.4 Å². The molecule has 15 heavy (non-hydrogen) atoms. The molecule has 0 radical (unpaired) electrons. The van der Waals surface area contributed by atoms with Gasteiger partial charge in [0.05, 0.1) is 0 Å². The van der Waals surface area contributed by atoms with Gasteiger partial charge in [0.2, 0.25) is 0 Å². The largest absolute Gasteiger partial charge is 0.332 e. The van der Waals surface area contributed by atoms with E-state index in [9.17, 15) is 17.1 Å². The topological polar surface area (TPSA) is 51.2 Å². The van der Waals surface area contributed by atoms with Crippen LogP contribution in [-0.4, -0.2) is 13.7 Å². The highest BCUT2D eigenvalue weighted by Gasteiger charge is 2.19. The third-order valence-electron chi connectivity index (χ3n) is 2.11. The molecule has 82 valence electrons. The second kappa shape index (κ2) is 3.90. The average Bonchev–Trinajstić information content (AvgIpc) is 2.06. The molecule has 0 saturated heterocycles. The Hall–Kier alpha value is -0.940. The first-order valence-corrected chi connectivity index (χ1v) is 5.75. The van der Waals surface area contributed by atoms with Crippen molar-refractivity contribution in [2.75, 3.05) is 0 Å². The minimum absolute atomic E-state index is 0.0315. The Morgan fingerprint density at radius 3 is 2.27 bits per heavy atom. The Balaban J connectivity index is 3.59. The molecule has 1 rings (SSSR count). The summed E-state index contributed by atoms with van der Waals surface area (Å²) in [7, 11) is -4.82. The lowest BCUT2D eigenvalue weighted by atomic mass is 10.1. The maximum Gasteiger partial charge on any atom is 0.332 e. The van der Waals surface area contributed by atoms with Crippen molar-refractivity contribution in [3.8, 4) is 0 Å². The van der Waals surface area contributed by atoms with E-state index in [4.69, 9.17) is 11.6 Å². The van der Waals surface area contributed by atoms with Crippen LogP contribution in [0.1, 0.15) is 21.5 Å². The van der Waals surface area contributed by atoms with Crippen molar-refractivity contribution in [1.82, 2.24) is 0 Å². The highest BCUT2D eigenvalue weighted by Crippen LogP contribution is 2.23. The Kier molecular flexibility index (Phi) is 3.16. The molecule has 0 N–H and O–H groups in total. The third-order valence-corrected chi connectivity index (χ3v) is 3.28. The molecule has 0 aliphatic heterocycles. The SMILES string of the molecule is Cc1cc(C(=O)Cl)cc(S(=O)(=O)F)c1C. The van der Waals surface area contributed by atoms with Gasteiger partial charge in [-0.3, -0.25) is 4.79 Å². The molecule has 0 aliphatic carbocycles. The number of carbonyl (C=O) groups is 1. The summed E-state index contributed by atoms with van der Waals surface area (Å²) in [6, 6.07) is 2.35. The van der Waals surface area contributed by atoms with Crippen molar-refractivity contribution < 1.29 is 17.1 Å². The number of aryl methyl sites for hydroxylation is 1. The zero-order valence-electron chi connectivity index (χ0n) is 8.04. The van der Waals surface area contributed by atoms with Crippen LogP contribution in [0.4, 0.5) is 3.89 Å². The standard InChI is InChI=1S/C9H8ClFO3S/c1-5-3-7(9(10)12)4-8(6(5)2)15(11,13)14/h3-4H,1-2H3. The van der Waals surface area contributed by atoms with E-state index in [0.29, 0.717) is 5.56 Å². The van der Waals surface area contributed by atoms with Crippen LogP contribution in [0.25, 0.3) is 0 Å². The summed E-state index contributed by atoms with van der Waals surface area (Å²) in [6.45, 7) is 3.04. The fourth-order valence-corrected chi connectivity index (χ4v) is 2.10. The lowest BCUT2D eigenvalue weighted by molar-refractivity contribution is 0.108. The molecule has 0 atom stereocenters. The van der Waals surface area contributed by atoms with Gasteiger partial charge in [-0.25, -0.2) is 0 Å². The van der Waals surface area contributed by atoms with Crippen molar-refractivity contribution in [3.63, 3.8) is 0 Å². The second-order valence-corrected chi connectivity index (χ2v) is 4.79. The van der Waals surface area contributed by atoms with Crippen molar-refractivity contribution >= 4 is 27.1 Å². The van der Waals surface area contributed by atoms with E-state index in [1.54, 1.807) is 6.92 Å². The van der Waals surface area contributed by atoms with E-state index >= 15 is 0 Å². The summed E-state index contributed by atoms with van der Waals surface area (Å²) in [5, 5.41) is -0.817. The molecule has 0 heterocycles. The summed E-state index contributed by atoms with van der Waals surface area (Å²) in [4.78, 5) is 10.3. The molecule has 0 bridgehead atoms. The highest BCUT2D eigenvalue weighted by atomic mass is 35.5. The van der Waals surface area contributed by atoms with Gasteiger partial charge in [-0.2, -0.15) is 8.42 Å². The van der Waals surface area contributed by atoms with Gasteiger partial charge in [-0.1, -0.05) is 0 Å². The maximum atomic E-state index is 12.8. The smallest absolute Gasteiger partial charge is 0.276 e. The summed E-state index contributed by atoms with van der Waals surface area (Å²) in [5.74, 6) is 0. The van der Waals surface area contributed by atoms with Gasteiger partial charge in [0.1, 0.15) is 4.90 Å². The molecule has 1 aromatic carbocycles. The van der Waals surface area contributed by atoms with Crippen molar-refractivity contribution in [2.24, 2.45) is 0 Å². The van der Waals surface area contributed by atoms with E-state index in [0.717, 1.165) is 6.07 Å². The van der Waals surface area contributed by atoms with Crippen LogP contribution in [0.5, 0.6) is 0 Å². The highest BCUT2D eigenvalue weighted by molar-refractivity contribution is 7.86. The quantitative estimate of drug-likeness (QED) is 0.757. The Morgan fingerprint density at radius 2 is 1.87 bits per heavy atom. The number of halogens is 2. The average molecular weight is 251 g/mol. The molecule has 0 aromatic heterocycles. The van der Waals surface area contributed by atoms with Crippen molar-refractivity contribution in [2.45, 2.75) is 18.7 Å². The van der Waals surface area contributed by atoms with E-state index in [1.807, 2.05) is 0 Å². The number of hydrogen-bond donors (Lipinski definition) is 0. The zero-order chi connectivity index (χ0) is 11.8. The first-order chi connectivity index (χ1) is 6.73. The predicted molar refractivity (Wildman–Crippen MR) is 54.4 cm³/mol. The molecule has 0 unspecified atom stereocenters. The normalized spacial score (nSPS) is 11.5. The van der Waals surface area contributed by atoms with Crippen LogP contribution in [-0.2, 0) is 10.2 Å². The van der Waals surface area contributed by atoms with Gasteiger partial charge in [-0.05, 0) is 48.7 Å². The van der Waals surface area contributed by atoms with Gasteiger partial charge < -0.3 is 0 Å². The van der Waals surface area contributed by atoms with Crippen LogP contribution in [0, 0.1) is 13.8 Å². The Morgan fingerprint density at radius 1 is 1.33 bits per heavy atom. The lowest BCUT2D eigenvalue weighted by Gasteiger charge is -2.06. The van der Waals surface area contributed by atoms with E-state index in [2.05, 4.69) is 0 Å². The third kappa shape index (κ3) is 2.54. The molecule has 0 aliphatic rings. The first kappa shape index (κ1) is 12.1. The summed E-state index contributed by atoms with van der Waals surface area (Å²) >= 11 is 5.19. The van der Waals surface area contributed by atoms with Crippen LogP contribution in [0.15, 0.2) is 17.0 Å². The summed E-state index contributed by atoms with van der Waals surface area (Å²) in [6.07, 6.45) is 0. The molecule has 0 amide bonds. The maximum absolute atomic E-state index is 12.8. The zero-order valence-corrected chi connectivity index (χ0v) is 9.62. The van der Waals surface area contributed by atoms with E-state index in [-0.39, 0.29) is 11.1 Å². The van der Waals surface area contributed by atoms with Gasteiger partial charge in [0, 0.05) is 5.56 Å². The molecule has 0 fully saturated rings. The van der Waals surface area contributed by atoms with Gasteiger partial charge in [-0.15, -0.1) is 3.89 Å². The van der Waals surface area contributed by atoms with Crippen molar-refractivity contribution in [1.29, 1.82) is 0 Å². The second-order valence-electron chi connectivity index (χ2n) is 3.13. The Bertz CT molecular complexity index is 522. The fraction of sp³-hybridized carbons (Fsp3) is 0.222. The Labute approximate surface area is 92.1 Å². The van der Waals surface area contributed by atoms with Crippen LogP contribution in [0.2, 0.25) is 0 Å². The molecule has 0 saturated carbocycles. The molecule has 0 spiro atoms. The van der Waals surface area contributed by atoms with Crippen molar-refractivity contribution in [3.05, 3.63) is 28.8 Å².